The third kappa shape index (κ3) is 4.88. The molecule has 6 heteroatoms. The van der Waals surface area contributed by atoms with Gasteiger partial charge in [-0.25, -0.2) is 0 Å². The lowest BCUT2D eigenvalue weighted by atomic mass is 9.84. The summed E-state index contributed by atoms with van der Waals surface area (Å²) < 4.78 is 44.4. The third-order valence-electron chi connectivity index (χ3n) is 4.11. The van der Waals surface area contributed by atoms with E-state index >= 15 is 0 Å². The fourth-order valence-corrected chi connectivity index (χ4v) is 3.38. The molecule has 0 radical (unpaired) electrons. The summed E-state index contributed by atoms with van der Waals surface area (Å²) in [6, 6.07) is 4.00. The van der Waals surface area contributed by atoms with E-state index in [0.29, 0.717) is 5.92 Å². The molecule has 1 aromatic carbocycles. The second-order valence-electron chi connectivity index (χ2n) is 5.77. The Labute approximate surface area is 136 Å². The molecule has 1 saturated carbocycles. The van der Waals surface area contributed by atoms with E-state index in [1.807, 2.05) is 0 Å². The molecule has 1 aromatic rings. The summed E-state index contributed by atoms with van der Waals surface area (Å²) in [6.07, 6.45) is 1.15. The number of rotatable bonds is 5. The topological polar surface area (TPSA) is 29.5 Å². The van der Waals surface area contributed by atoms with Crippen LogP contribution in [0.15, 0.2) is 22.7 Å². The summed E-state index contributed by atoms with van der Waals surface area (Å²) in [4.78, 5) is 0. The molecule has 1 aliphatic carbocycles. The largest absolute Gasteiger partial charge is 0.490 e. The quantitative estimate of drug-likeness (QED) is 0.762. The molecule has 0 bridgehead atoms. The van der Waals surface area contributed by atoms with Crippen LogP contribution in [0.3, 0.4) is 0 Å². The number of benzene rings is 1. The van der Waals surface area contributed by atoms with Gasteiger partial charge in [-0.05, 0) is 62.6 Å². The maximum atomic E-state index is 12.9. The van der Waals surface area contributed by atoms with Gasteiger partial charge < -0.3 is 9.84 Å². The average Bonchev–Trinajstić information content (AvgIpc) is 2.47. The first-order chi connectivity index (χ1) is 10.4. The van der Waals surface area contributed by atoms with Crippen LogP contribution in [-0.4, -0.2) is 17.8 Å². The predicted octanol–water partition coefficient (Wildman–Crippen LogP) is 5.18. The summed E-state index contributed by atoms with van der Waals surface area (Å²) in [5, 5.41) is 8.84. The Hall–Kier alpha value is -0.750. The van der Waals surface area contributed by atoms with Crippen LogP contribution in [0, 0.1) is 5.92 Å². The van der Waals surface area contributed by atoms with Crippen molar-refractivity contribution in [1.82, 2.24) is 0 Å². The zero-order chi connectivity index (χ0) is 16.2. The van der Waals surface area contributed by atoms with E-state index in [1.54, 1.807) is 6.07 Å². The minimum Gasteiger partial charge on any atom is -0.490 e. The van der Waals surface area contributed by atoms with Crippen LogP contribution >= 0.6 is 15.9 Å². The molecule has 0 spiro atoms. The van der Waals surface area contributed by atoms with Gasteiger partial charge in [-0.15, -0.1) is 0 Å². The Morgan fingerprint density at radius 2 is 1.86 bits per heavy atom. The molecule has 0 heterocycles. The van der Waals surface area contributed by atoms with E-state index in [-0.39, 0.29) is 22.9 Å². The molecule has 0 atom stereocenters. The van der Waals surface area contributed by atoms with Crippen molar-refractivity contribution < 1.29 is 23.0 Å². The predicted molar refractivity (Wildman–Crippen MR) is 81.8 cm³/mol. The van der Waals surface area contributed by atoms with Gasteiger partial charge in [-0.2, -0.15) is 13.2 Å². The molecule has 0 aromatic heterocycles. The number of hydrogen-bond donors (Lipinski definition) is 1. The lowest BCUT2D eigenvalue weighted by Gasteiger charge is -2.29. The van der Waals surface area contributed by atoms with Gasteiger partial charge in [0.1, 0.15) is 5.75 Å². The molecule has 2 rings (SSSR count). The van der Waals surface area contributed by atoms with E-state index in [1.165, 1.54) is 6.07 Å². The first kappa shape index (κ1) is 17.6. The van der Waals surface area contributed by atoms with E-state index in [9.17, 15) is 13.2 Å². The summed E-state index contributed by atoms with van der Waals surface area (Å²) >= 11 is 2.93. The Morgan fingerprint density at radius 3 is 2.45 bits per heavy atom. The highest BCUT2D eigenvalue weighted by Crippen LogP contribution is 2.38. The van der Waals surface area contributed by atoms with Gasteiger partial charge in [-0.1, -0.05) is 15.9 Å². The molecule has 1 N–H and O–H groups in total. The maximum absolute atomic E-state index is 12.9. The second-order valence-corrected chi connectivity index (χ2v) is 6.62. The van der Waals surface area contributed by atoms with Gasteiger partial charge in [0, 0.05) is 11.1 Å². The van der Waals surface area contributed by atoms with Crippen LogP contribution < -0.4 is 4.74 Å². The zero-order valence-electron chi connectivity index (χ0n) is 12.2. The molecular weight excluding hydrogens is 361 g/mol. The van der Waals surface area contributed by atoms with Crippen molar-refractivity contribution in [2.24, 2.45) is 5.92 Å². The molecule has 0 unspecified atom stereocenters. The van der Waals surface area contributed by atoms with Crippen molar-refractivity contribution in [2.45, 2.75) is 50.8 Å². The minimum atomic E-state index is -4.39. The number of hydrogen-bond acceptors (Lipinski definition) is 2. The van der Waals surface area contributed by atoms with Crippen LogP contribution in [0.4, 0.5) is 13.2 Å². The molecule has 22 heavy (non-hydrogen) atoms. The maximum Gasteiger partial charge on any atom is 0.417 e. The van der Waals surface area contributed by atoms with Gasteiger partial charge in [0.15, 0.2) is 0 Å². The van der Waals surface area contributed by atoms with E-state index in [0.717, 1.165) is 44.6 Å². The zero-order valence-corrected chi connectivity index (χ0v) is 13.8. The number of ether oxygens (including phenoxy) is 1. The van der Waals surface area contributed by atoms with Crippen LogP contribution in [0.2, 0.25) is 0 Å². The lowest BCUT2D eigenvalue weighted by Crippen LogP contribution is -2.24. The van der Waals surface area contributed by atoms with E-state index in [2.05, 4.69) is 15.9 Å². The van der Waals surface area contributed by atoms with Crippen molar-refractivity contribution in [3.8, 4) is 5.75 Å². The van der Waals surface area contributed by atoms with Gasteiger partial charge in [-0.3, -0.25) is 0 Å². The van der Waals surface area contributed by atoms with Gasteiger partial charge in [0.05, 0.1) is 11.7 Å². The molecule has 0 amide bonds. The van der Waals surface area contributed by atoms with Gasteiger partial charge in [0.2, 0.25) is 0 Å². The van der Waals surface area contributed by atoms with Crippen molar-refractivity contribution >= 4 is 15.9 Å². The molecule has 0 saturated heterocycles. The highest BCUT2D eigenvalue weighted by Gasteiger charge is 2.33. The molecule has 2 nitrogen and oxygen atoms in total. The SMILES string of the molecule is OCCCC1CCC(Oc2ccc(Br)c(C(F)(F)F)c2)CC1. The number of halogens is 4. The summed E-state index contributed by atoms with van der Waals surface area (Å²) in [6.45, 7) is 0.218. The second kappa shape index (κ2) is 7.68. The van der Waals surface area contributed by atoms with Crippen LogP contribution in [0.1, 0.15) is 44.1 Å². The minimum absolute atomic E-state index is 0.0207. The fourth-order valence-electron chi connectivity index (χ4n) is 2.91. The van der Waals surface area contributed by atoms with E-state index in [4.69, 9.17) is 9.84 Å². The van der Waals surface area contributed by atoms with Crippen LogP contribution in [0.5, 0.6) is 5.75 Å². The van der Waals surface area contributed by atoms with E-state index < -0.39 is 11.7 Å². The number of aliphatic hydroxyl groups excluding tert-OH is 1. The number of aliphatic hydroxyl groups is 1. The highest BCUT2D eigenvalue weighted by molar-refractivity contribution is 9.10. The summed E-state index contributed by atoms with van der Waals surface area (Å²) in [5.74, 6) is 0.872. The number of alkyl halides is 3. The summed E-state index contributed by atoms with van der Waals surface area (Å²) in [7, 11) is 0. The van der Waals surface area contributed by atoms with Crippen molar-refractivity contribution in [3.05, 3.63) is 28.2 Å². The Balaban J connectivity index is 1.92. The molecule has 0 aliphatic heterocycles. The third-order valence-corrected chi connectivity index (χ3v) is 4.80. The van der Waals surface area contributed by atoms with Crippen molar-refractivity contribution in [3.63, 3.8) is 0 Å². The average molecular weight is 381 g/mol. The fraction of sp³-hybridized carbons (Fsp3) is 0.625. The Kier molecular flexibility index (Phi) is 6.15. The smallest absolute Gasteiger partial charge is 0.417 e. The summed E-state index contributed by atoms with van der Waals surface area (Å²) in [5.41, 5.74) is -0.707. The normalized spacial score (nSPS) is 22.6. The standard InChI is InChI=1S/C16H20BrF3O2/c17-15-8-7-13(10-14(15)16(18,19)20)22-12-5-3-11(4-6-12)2-1-9-21/h7-8,10-12,21H,1-6,9H2. The van der Waals surface area contributed by atoms with Gasteiger partial charge in [0.25, 0.3) is 0 Å². The monoisotopic (exact) mass is 380 g/mol. The first-order valence-electron chi connectivity index (χ1n) is 7.54. The molecule has 1 fully saturated rings. The Bertz CT molecular complexity index is 483. The van der Waals surface area contributed by atoms with Gasteiger partial charge >= 0.3 is 6.18 Å². The highest BCUT2D eigenvalue weighted by atomic mass is 79.9. The lowest BCUT2D eigenvalue weighted by molar-refractivity contribution is -0.138. The van der Waals surface area contributed by atoms with Crippen LogP contribution in [0.25, 0.3) is 0 Å². The van der Waals surface area contributed by atoms with Crippen molar-refractivity contribution in [2.75, 3.05) is 6.61 Å². The molecule has 124 valence electrons. The Morgan fingerprint density at radius 1 is 1.18 bits per heavy atom. The van der Waals surface area contributed by atoms with Crippen molar-refractivity contribution in [1.29, 1.82) is 0 Å². The van der Waals surface area contributed by atoms with Crippen LogP contribution in [-0.2, 0) is 6.18 Å². The molecular formula is C16H20BrF3O2. The molecule has 1 aliphatic rings. The first-order valence-corrected chi connectivity index (χ1v) is 8.33.